The molecule has 11 nitrogen and oxygen atoms in total. The fraction of sp³-hybridized carbons (Fsp3) is 0.286. The van der Waals surface area contributed by atoms with E-state index in [0.29, 0.717) is 16.5 Å². The number of ether oxygens (including phenoxy) is 4. The standard InChI is InChI=1S/C28H24F3N3O8/c1-33(16-11-17(40-9-8-39-2)13-19(12-16)42-28(29,30)31)27(38)41-18-10-15-4-3-5-21-24(15)20(14-18)26(37)34(21)22-6-7-23(35)32-25(22)36/h3-5,10-14,22H,6-9H2,1-2H3,(H,32,35,36). The summed E-state index contributed by atoms with van der Waals surface area (Å²) < 4.78 is 58.6. The minimum atomic E-state index is -4.98. The van der Waals surface area contributed by atoms with Crippen molar-refractivity contribution in [1.82, 2.24) is 5.32 Å². The molecule has 0 saturated carbocycles. The molecule has 3 aromatic rings. The van der Waals surface area contributed by atoms with Crippen LogP contribution in [0.3, 0.4) is 0 Å². The van der Waals surface area contributed by atoms with E-state index in [1.165, 1.54) is 37.3 Å². The van der Waals surface area contributed by atoms with Gasteiger partial charge in [0.25, 0.3) is 5.91 Å². The first-order valence-corrected chi connectivity index (χ1v) is 12.7. The molecule has 1 atom stereocenters. The number of methoxy groups -OCH3 is 1. The van der Waals surface area contributed by atoms with Gasteiger partial charge in [0.05, 0.1) is 23.5 Å². The largest absolute Gasteiger partial charge is 0.573 e. The van der Waals surface area contributed by atoms with E-state index in [1.807, 2.05) is 0 Å². The third kappa shape index (κ3) is 5.79. The van der Waals surface area contributed by atoms with E-state index in [2.05, 4.69) is 10.1 Å². The summed E-state index contributed by atoms with van der Waals surface area (Å²) in [5.41, 5.74) is 0.647. The summed E-state index contributed by atoms with van der Waals surface area (Å²) in [6.45, 7) is 0.203. The number of carbonyl (C=O) groups excluding carboxylic acids is 4. The number of imide groups is 1. The average molecular weight is 588 g/mol. The fourth-order valence-electron chi connectivity index (χ4n) is 4.83. The lowest BCUT2D eigenvalue weighted by Crippen LogP contribution is -2.53. The Morgan fingerprint density at radius 3 is 2.52 bits per heavy atom. The van der Waals surface area contributed by atoms with E-state index in [4.69, 9.17) is 14.2 Å². The number of benzene rings is 3. The highest BCUT2D eigenvalue weighted by molar-refractivity contribution is 6.27. The molecular weight excluding hydrogens is 563 g/mol. The van der Waals surface area contributed by atoms with Crippen molar-refractivity contribution in [1.29, 1.82) is 0 Å². The number of nitrogens with one attached hydrogen (secondary N) is 1. The van der Waals surface area contributed by atoms with Crippen LogP contribution in [0.25, 0.3) is 10.8 Å². The van der Waals surface area contributed by atoms with Crippen molar-refractivity contribution < 1.29 is 51.3 Å². The second-order valence-corrected chi connectivity index (χ2v) is 9.47. The number of amides is 4. The monoisotopic (exact) mass is 587 g/mol. The molecule has 1 N–H and O–H groups in total. The summed E-state index contributed by atoms with van der Waals surface area (Å²) in [4.78, 5) is 53.0. The second-order valence-electron chi connectivity index (χ2n) is 9.47. The topological polar surface area (TPSA) is 124 Å². The molecular formula is C28H24F3N3O8. The van der Waals surface area contributed by atoms with Crippen molar-refractivity contribution in [3.8, 4) is 17.2 Å². The second kappa shape index (κ2) is 11.2. The zero-order valence-corrected chi connectivity index (χ0v) is 22.3. The number of rotatable bonds is 8. The third-order valence-corrected chi connectivity index (χ3v) is 6.68. The fourth-order valence-corrected chi connectivity index (χ4v) is 4.83. The molecule has 4 amide bonds. The van der Waals surface area contributed by atoms with Crippen LogP contribution in [0, 0.1) is 0 Å². The van der Waals surface area contributed by atoms with Crippen molar-refractivity contribution in [3.05, 3.63) is 54.1 Å². The van der Waals surface area contributed by atoms with E-state index in [1.54, 1.807) is 18.2 Å². The van der Waals surface area contributed by atoms with Crippen LogP contribution in [0.2, 0.25) is 0 Å². The molecule has 3 aromatic carbocycles. The molecule has 1 saturated heterocycles. The molecule has 0 radical (unpaired) electrons. The predicted molar refractivity (Wildman–Crippen MR) is 142 cm³/mol. The summed E-state index contributed by atoms with van der Waals surface area (Å²) in [6.07, 6.45) is -5.72. The lowest BCUT2D eigenvalue weighted by molar-refractivity contribution is -0.274. The van der Waals surface area contributed by atoms with Crippen LogP contribution in [-0.2, 0) is 14.3 Å². The number of halogens is 3. The summed E-state index contributed by atoms with van der Waals surface area (Å²) in [6, 6.07) is 10.4. The van der Waals surface area contributed by atoms with Gasteiger partial charge in [-0.2, -0.15) is 0 Å². The molecule has 5 rings (SSSR count). The maximum Gasteiger partial charge on any atom is 0.573 e. The van der Waals surface area contributed by atoms with Crippen molar-refractivity contribution in [2.75, 3.05) is 37.2 Å². The Morgan fingerprint density at radius 2 is 1.81 bits per heavy atom. The van der Waals surface area contributed by atoms with Gasteiger partial charge in [0.15, 0.2) is 0 Å². The summed E-state index contributed by atoms with van der Waals surface area (Å²) in [7, 11) is 2.71. The molecule has 2 heterocycles. The Hall–Kier alpha value is -4.85. The van der Waals surface area contributed by atoms with Crippen molar-refractivity contribution in [3.63, 3.8) is 0 Å². The smallest absolute Gasteiger partial charge is 0.491 e. The van der Waals surface area contributed by atoms with Gasteiger partial charge in [-0.1, -0.05) is 12.1 Å². The quantitative estimate of drug-likeness (QED) is 0.308. The Kier molecular flexibility index (Phi) is 7.65. The Morgan fingerprint density at radius 1 is 1.05 bits per heavy atom. The first kappa shape index (κ1) is 28.7. The highest BCUT2D eigenvalue weighted by Crippen LogP contribution is 2.42. The molecule has 0 aliphatic carbocycles. The molecule has 14 heteroatoms. The average Bonchev–Trinajstić information content (AvgIpc) is 3.19. The maximum atomic E-state index is 13.5. The van der Waals surface area contributed by atoms with Crippen LogP contribution < -0.4 is 29.3 Å². The molecule has 0 aromatic heterocycles. The number of alkyl halides is 3. The zero-order chi connectivity index (χ0) is 30.2. The minimum absolute atomic E-state index is 0.00556. The van der Waals surface area contributed by atoms with Crippen LogP contribution in [0.15, 0.2) is 48.5 Å². The summed E-state index contributed by atoms with van der Waals surface area (Å²) in [5.74, 6) is -2.13. The van der Waals surface area contributed by atoms with E-state index in [-0.39, 0.29) is 48.8 Å². The Balaban J connectivity index is 1.41. The first-order valence-electron chi connectivity index (χ1n) is 12.7. The highest BCUT2D eigenvalue weighted by Gasteiger charge is 2.41. The number of hydrogen-bond acceptors (Lipinski definition) is 8. The van der Waals surface area contributed by atoms with Crippen LogP contribution in [0.5, 0.6) is 17.2 Å². The van der Waals surface area contributed by atoms with Crippen molar-refractivity contribution in [2.45, 2.75) is 25.2 Å². The molecule has 1 fully saturated rings. The molecule has 0 bridgehead atoms. The van der Waals surface area contributed by atoms with Crippen LogP contribution in [-0.4, -0.2) is 63.6 Å². The van der Waals surface area contributed by atoms with E-state index in [9.17, 15) is 32.3 Å². The molecule has 2 aliphatic heterocycles. The van der Waals surface area contributed by atoms with Gasteiger partial charge in [-0.3, -0.25) is 29.5 Å². The SMILES string of the molecule is COCCOc1cc(OC(F)(F)F)cc(N(C)C(=O)Oc2cc3c4c(cccc4c2)N(C2CCC(=O)NC2=O)C3=O)c1. The van der Waals surface area contributed by atoms with Gasteiger partial charge in [0, 0.05) is 44.2 Å². The molecule has 2 aliphatic rings. The number of hydrogen-bond donors (Lipinski definition) is 1. The van der Waals surface area contributed by atoms with Gasteiger partial charge >= 0.3 is 12.5 Å². The van der Waals surface area contributed by atoms with E-state index < -0.39 is 42.0 Å². The predicted octanol–water partition coefficient (Wildman–Crippen LogP) is 4.16. The Labute approximate surface area is 236 Å². The van der Waals surface area contributed by atoms with Gasteiger partial charge in [0.2, 0.25) is 11.8 Å². The summed E-state index contributed by atoms with van der Waals surface area (Å²) >= 11 is 0. The van der Waals surface area contributed by atoms with Crippen molar-refractivity contribution in [2.24, 2.45) is 0 Å². The molecule has 42 heavy (non-hydrogen) atoms. The number of piperidine rings is 1. The van der Waals surface area contributed by atoms with Gasteiger partial charge < -0.3 is 18.9 Å². The van der Waals surface area contributed by atoms with Crippen molar-refractivity contribution >= 4 is 46.0 Å². The number of nitrogens with zero attached hydrogens (tertiary/aromatic N) is 2. The van der Waals surface area contributed by atoms with Gasteiger partial charge in [-0.25, -0.2) is 4.79 Å². The summed E-state index contributed by atoms with van der Waals surface area (Å²) in [5, 5.41) is 3.35. The van der Waals surface area contributed by atoms with Gasteiger partial charge in [-0.15, -0.1) is 13.2 Å². The number of carbonyl (C=O) groups is 4. The molecule has 220 valence electrons. The maximum absolute atomic E-state index is 13.5. The lowest BCUT2D eigenvalue weighted by atomic mass is 10.0. The Bertz CT molecular complexity index is 1590. The normalized spacial score (nSPS) is 16.5. The molecule has 0 spiro atoms. The van der Waals surface area contributed by atoms with Gasteiger partial charge in [0.1, 0.15) is 29.9 Å². The lowest BCUT2D eigenvalue weighted by Gasteiger charge is -2.30. The van der Waals surface area contributed by atoms with Crippen LogP contribution in [0.1, 0.15) is 23.2 Å². The van der Waals surface area contributed by atoms with Gasteiger partial charge in [-0.05, 0) is 30.0 Å². The first-order chi connectivity index (χ1) is 19.9. The third-order valence-electron chi connectivity index (χ3n) is 6.68. The number of anilines is 2. The van der Waals surface area contributed by atoms with E-state index in [0.717, 1.165) is 17.0 Å². The minimum Gasteiger partial charge on any atom is -0.491 e. The highest BCUT2D eigenvalue weighted by atomic mass is 19.4. The van der Waals surface area contributed by atoms with Crippen LogP contribution >= 0.6 is 0 Å². The zero-order valence-electron chi connectivity index (χ0n) is 22.3. The van der Waals surface area contributed by atoms with Crippen LogP contribution in [0.4, 0.5) is 29.3 Å². The molecule has 1 unspecified atom stereocenters. The van der Waals surface area contributed by atoms with E-state index >= 15 is 0 Å².